The SMILES string of the molecule is O=C(O)C=Cc1cncc(C(=O)N2CCCCC2CO)c1. The number of carboxylic acid groups (broad SMARTS) is 1. The molecule has 0 spiro atoms. The minimum Gasteiger partial charge on any atom is -0.478 e. The Labute approximate surface area is 122 Å². The Morgan fingerprint density at radius 3 is 2.90 bits per heavy atom. The maximum Gasteiger partial charge on any atom is 0.328 e. The molecular formula is C15H18N2O4. The lowest BCUT2D eigenvalue weighted by Gasteiger charge is -2.34. The smallest absolute Gasteiger partial charge is 0.328 e. The van der Waals surface area contributed by atoms with Crippen molar-refractivity contribution in [3.63, 3.8) is 0 Å². The number of carbonyl (C=O) groups excluding carboxylic acids is 1. The number of likely N-dealkylation sites (tertiary alicyclic amines) is 1. The van der Waals surface area contributed by atoms with Crippen LogP contribution in [-0.4, -0.2) is 51.2 Å². The Hall–Kier alpha value is -2.21. The number of aliphatic hydroxyl groups excluding tert-OH is 1. The van der Waals surface area contributed by atoms with Crippen molar-refractivity contribution in [2.75, 3.05) is 13.2 Å². The van der Waals surface area contributed by atoms with Crippen LogP contribution in [0.25, 0.3) is 6.08 Å². The molecule has 0 aromatic carbocycles. The fourth-order valence-corrected chi connectivity index (χ4v) is 2.46. The summed E-state index contributed by atoms with van der Waals surface area (Å²) in [6.45, 7) is 0.580. The molecule has 2 N–H and O–H groups in total. The molecule has 1 atom stereocenters. The van der Waals surface area contributed by atoms with Crippen LogP contribution in [0.2, 0.25) is 0 Å². The van der Waals surface area contributed by atoms with Gasteiger partial charge in [-0.3, -0.25) is 9.78 Å². The van der Waals surface area contributed by atoms with E-state index in [0.29, 0.717) is 17.7 Å². The number of carboxylic acids is 1. The van der Waals surface area contributed by atoms with Gasteiger partial charge in [0.25, 0.3) is 5.91 Å². The number of hydrogen-bond acceptors (Lipinski definition) is 4. The number of aliphatic carboxylic acids is 1. The zero-order valence-electron chi connectivity index (χ0n) is 11.6. The molecule has 6 heteroatoms. The van der Waals surface area contributed by atoms with Gasteiger partial charge in [-0.15, -0.1) is 0 Å². The van der Waals surface area contributed by atoms with Crippen LogP contribution < -0.4 is 0 Å². The van der Waals surface area contributed by atoms with Gasteiger partial charge < -0.3 is 15.1 Å². The van der Waals surface area contributed by atoms with Gasteiger partial charge in [-0.25, -0.2) is 4.79 Å². The van der Waals surface area contributed by atoms with Crippen molar-refractivity contribution in [1.82, 2.24) is 9.88 Å². The summed E-state index contributed by atoms with van der Waals surface area (Å²) in [5.41, 5.74) is 0.962. The van der Waals surface area contributed by atoms with Gasteiger partial charge in [0, 0.05) is 25.0 Å². The monoisotopic (exact) mass is 290 g/mol. The van der Waals surface area contributed by atoms with Crippen molar-refractivity contribution >= 4 is 18.0 Å². The molecule has 21 heavy (non-hydrogen) atoms. The molecule has 1 aliphatic heterocycles. The van der Waals surface area contributed by atoms with E-state index < -0.39 is 5.97 Å². The lowest BCUT2D eigenvalue weighted by atomic mass is 10.0. The molecule has 0 radical (unpaired) electrons. The van der Waals surface area contributed by atoms with Crippen LogP contribution in [0.1, 0.15) is 35.2 Å². The highest BCUT2D eigenvalue weighted by atomic mass is 16.4. The van der Waals surface area contributed by atoms with Crippen LogP contribution >= 0.6 is 0 Å². The van der Waals surface area contributed by atoms with E-state index in [1.54, 1.807) is 11.0 Å². The lowest BCUT2D eigenvalue weighted by molar-refractivity contribution is -0.131. The second-order valence-corrected chi connectivity index (χ2v) is 5.01. The Morgan fingerprint density at radius 2 is 2.19 bits per heavy atom. The van der Waals surface area contributed by atoms with E-state index in [-0.39, 0.29) is 18.6 Å². The first-order valence-corrected chi connectivity index (χ1v) is 6.89. The highest BCUT2D eigenvalue weighted by Crippen LogP contribution is 2.19. The summed E-state index contributed by atoms with van der Waals surface area (Å²) in [6.07, 6.45) is 8.09. The molecule has 0 aliphatic carbocycles. The van der Waals surface area contributed by atoms with Crippen molar-refractivity contribution in [1.29, 1.82) is 0 Å². The third kappa shape index (κ3) is 3.88. The standard InChI is InChI=1S/C15H18N2O4/c18-10-13-3-1-2-6-17(13)15(21)12-7-11(8-16-9-12)4-5-14(19)20/h4-5,7-9,13,18H,1-3,6,10H2,(H,19,20). The number of aromatic nitrogens is 1. The third-order valence-corrected chi connectivity index (χ3v) is 3.52. The van der Waals surface area contributed by atoms with Gasteiger partial charge in [0.1, 0.15) is 0 Å². The average molecular weight is 290 g/mol. The van der Waals surface area contributed by atoms with E-state index in [1.807, 2.05) is 0 Å². The third-order valence-electron chi connectivity index (χ3n) is 3.52. The summed E-state index contributed by atoms with van der Waals surface area (Å²) in [5, 5.41) is 18.0. The molecule has 0 bridgehead atoms. The van der Waals surface area contributed by atoms with E-state index in [0.717, 1.165) is 25.3 Å². The number of pyridine rings is 1. The molecule has 1 aromatic rings. The lowest BCUT2D eigenvalue weighted by Crippen LogP contribution is -2.45. The highest BCUT2D eigenvalue weighted by Gasteiger charge is 2.27. The summed E-state index contributed by atoms with van der Waals surface area (Å²) < 4.78 is 0. The fraction of sp³-hybridized carbons (Fsp3) is 0.400. The number of hydrogen-bond donors (Lipinski definition) is 2. The average Bonchev–Trinajstić information content (AvgIpc) is 2.52. The van der Waals surface area contributed by atoms with Crippen molar-refractivity contribution in [3.8, 4) is 0 Å². The van der Waals surface area contributed by atoms with Crippen molar-refractivity contribution < 1.29 is 19.8 Å². The van der Waals surface area contributed by atoms with Gasteiger partial charge >= 0.3 is 5.97 Å². The summed E-state index contributed by atoms with van der Waals surface area (Å²) in [7, 11) is 0. The van der Waals surface area contributed by atoms with Crippen molar-refractivity contribution in [3.05, 3.63) is 35.7 Å². The Kier molecular flexibility index (Phi) is 5.05. The molecular weight excluding hydrogens is 272 g/mol. The van der Waals surface area contributed by atoms with E-state index in [2.05, 4.69) is 4.98 Å². The predicted octanol–water partition coefficient (Wildman–Crippen LogP) is 1.17. The largest absolute Gasteiger partial charge is 0.478 e. The predicted molar refractivity (Wildman–Crippen MR) is 76.7 cm³/mol. The minimum absolute atomic E-state index is 0.0439. The Balaban J connectivity index is 2.18. The molecule has 1 saturated heterocycles. The van der Waals surface area contributed by atoms with E-state index in [9.17, 15) is 14.7 Å². The molecule has 112 valence electrons. The van der Waals surface area contributed by atoms with Crippen LogP contribution in [0.5, 0.6) is 0 Å². The maximum atomic E-state index is 12.5. The van der Waals surface area contributed by atoms with Crippen LogP contribution in [0.3, 0.4) is 0 Å². The second-order valence-electron chi connectivity index (χ2n) is 5.01. The molecule has 1 aromatic heterocycles. The summed E-state index contributed by atoms with van der Waals surface area (Å²) >= 11 is 0. The molecule has 1 fully saturated rings. The molecule has 2 rings (SSSR count). The minimum atomic E-state index is -1.05. The quantitative estimate of drug-likeness (QED) is 0.812. The summed E-state index contributed by atoms with van der Waals surface area (Å²) in [4.78, 5) is 28.7. The number of piperidine rings is 1. The fourth-order valence-electron chi connectivity index (χ4n) is 2.46. The van der Waals surface area contributed by atoms with Gasteiger partial charge in [0.2, 0.25) is 0 Å². The molecule has 1 unspecified atom stereocenters. The van der Waals surface area contributed by atoms with Gasteiger partial charge in [-0.05, 0) is 37.0 Å². The first-order valence-electron chi connectivity index (χ1n) is 6.89. The first-order chi connectivity index (χ1) is 10.1. The molecule has 6 nitrogen and oxygen atoms in total. The van der Waals surface area contributed by atoms with Gasteiger partial charge in [0.15, 0.2) is 0 Å². The van der Waals surface area contributed by atoms with E-state index >= 15 is 0 Å². The Morgan fingerprint density at radius 1 is 1.38 bits per heavy atom. The van der Waals surface area contributed by atoms with Crippen LogP contribution in [-0.2, 0) is 4.79 Å². The molecule has 1 aliphatic rings. The highest BCUT2D eigenvalue weighted by molar-refractivity contribution is 5.95. The molecule has 2 heterocycles. The second kappa shape index (κ2) is 6.99. The Bertz CT molecular complexity index is 556. The van der Waals surface area contributed by atoms with Crippen LogP contribution in [0, 0.1) is 0 Å². The van der Waals surface area contributed by atoms with Gasteiger partial charge in [-0.2, -0.15) is 0 Å². The van der Waals surface area contributed by atoms with Gasteiger partial charge in [-0.1, -0.05) is 0 Å². The molecule has 1 amide bonds. The summed E-state index contributed by atoms with van der Waals surface area (Å²) in [6, 6.07) is 1.46. The zero-order chi connectivity index (χ0) is 15.2. The first kappa shape index (κ1) is 15.2. The molecule has 0 saturated carbocycles. The maximum absolute atomic E-state index is 12.5. The van der Waals surface area contributed by atoms with E-state index in [4.69, 9.17) is 5.11 Å². The zero-order valence-corrected chi connectivity index (χ0v) is 11.6. The van der Waals surface area contributed by atoms with E-state index in [1.165, 1.54) is 18.5 Å². The van der Waals surface area contributed by atoms with Crippen LogP contribution in [0.15, 0.2) is 24.5 Å². The normalized spacial score (nSPS) is 18.9. The number of nitrogens with zero attached hydrogens (tertiary/aromatic N) is 2. The number of carbonyl (C=O) groups is 2. The van der Waals surface area contributed by atoms with Gasteiger partial charge in [0.05, 0.1) is 18.2 Å². The van der Waals surface area contributed by atoms with Crippen LogP contribution in [0.4, 0.5) is 0 Å². The van der Waals surface area contributed by atoms with Crippen molar-refractivity contribution in [2.45, 2.75) is 25.3 Å². The topological polar surface area (TPSA) is 90.7 Å². The number of amides is 1. The number of aliphatic hydroxyl groups is 1. The summed E-state index contributed by atoms with van der Waals surface area (Å²) in [5.74, 6) is -1.23. The van der Waals surface area contributed by atoms with Crippen molar-refractivity contribution in [2.24, 2.45) is 0 Å². The number of rotatable bonds is 4.